The maximum Gasteiger partial charge on any atom is 0.252 e. The Morgan fingerprint density at radius 3 is 2.50 bits per heavy atom. The number of fused-ring (bicyclic) bond motifs is 1. The Kier molecular flexibility index (Phi) is 6.68. The fourth-order valence-corrected chi connectivity index (χ4v) is 4.58. The van der Waals surface area contributed by atoms with Gasteiger partial charge >= 0.3 is 0 Å². The summed E-state index contributed by atoms with van der Waals surface area (Å²) in [6.07, 6.45) is 4.23. The summed E-state index contributed by atoms with van der Waals surface area (Å²) in [6, 6.07) is 12.9. The van der Waals surface area contributed by atoms with Gasteiger partial charge in [0, 0.05) is 18.2 Å². The van der Waals surface area contributed by atoms with Crippen LogP contribution in [0.2, 0.25) is 0 Å². The molecule has 0 aromatic heterocycles. The number of hydrogen-bond acceptors (Lipinski definition) is 4. The standard InChI is InChI=1S/C26H32N2O4/c1-17(2)24(27-25(29)21-11-7-4-8-18(21)3)26(30)28(20-9-5-6-10-20)15-19-12-13-22-23(14-19)32-16-31-22/h4,7-8,11-14,17,20,24H,5-6,9-10,15-16H2,1-3H3,(H,27,29). The summed E-state index contributed by atoms with van der Waals surface area (Å²) in [4.78, 5) is 28.8. The van der Waals surface area contributed by atoms with Gasteiger partial charge in [0.25, 0.3) is 5.91 Å². The largest absolute Gasteiger partial charge is 0.454 e. The lowest BCUT2D eigenvalue weighted by Gasteiger charge is -2.34. The van der Waals surface area contributed by atoms with E-state index in [9.17, 15) is 9.59 Å². The molecular weight excluding hydrogens is 404 g/mol. The molecule has 1 heterocycles. The zero-order valence-corrected chi connectivity index (χ0v) is 19.1. The van der Waals surface area contributed by atoms with Crippen molar-refractivity contribution in [2.75, 3.05) is 6.79 Å². The van der Waals surface area contributed by atoms with E-state index in [2.05, 4.69) is 5.32 Å². The first-order chi connectivity index (χ1) is 15.4. The van der Waals surface area contributed by atoms with Gasteiger partial charge < -0.3 is 19.7 Å². The van der Waals surface area contributed by atoms with Gasteiger partial charge in [-0.3, -0.25) is 9.59 Å². The lowest BCUT2D eigenvalue weighted by molar-refractivity contribution is -0.137. The van der Waals surface area contributed by atoms with Crippen LogP contribution < -0.4 is 14.8 Å². The fourth-order valence-electron chi connectivity index (χ4n) is 4.58. The van der Waals surface area contributed by atoms with Crippen LogP contribution in [0.15, 0.2) is 42.5 Å². The quantitative estimate of drug-likeness (QED) is 0.696. The number of carbonyl (C=O) groups excluding carboxylic acids is 2. The highest BCUT2D eigenvalue weighted by Crippen LogP contribution is 2.34. The molecule has 6 nitrogen and oxygen atoms in total. The zero-order valence-electron chi connectivity index (χ0n) is 19.1. The third kappa shape index (κ3) is 4.74. The number of carbonyl (C=O) groups is 2. The van der Waals surface area contributed by atoms with Gasteiger partial charge in [0.05, 0.1) is 0 Å². The molecule has 2 aromatic carbocycles. The average molecular weight is 437 g/mol. The van der Waals surface area contributed by atoms with Crippen molar-refractivity contribution in [1.82, 2.24) is 10.2 Å². The first-order valence-electron chi connectivity index (χ1n) is 11.5. The number of rotatable bonds is 7. The van der Waals surface area contributed by atoms with E-state index in [4.69, 9.17) is 9.47 Å². The van der Waals surface area contributed by atoms with Gasteiger partial charge in [-0.25, -0.2) is 0 Å². The number of ether oxygens (including phenoxy) is 2. The minimum absolute atomic E-state index is 0.0218. The normalized spacial score (nSPS) is 16.2. The van der Waals surface area contributed by atoms with E-state index in [1.165, 1.54) is 0 Å². The molecule has 1 aliphatic carbocycles. The maximum absolute atomic E-state index is 13.8. The second-order valence-electron chi connectivity index (χ2n) is 9.10. The fraction of sp³-hybridized carbons (Fsp3) is 0.462. The van der Waals surface area contributed by atoms with E-state index in [0.29, 0.717) is 12.1 Å². The number of nitrogens with zero attached hydrogens (tertiary/aromatic N) is 1. The molecule has 0 radical (unpaired) electrons. The number of hydrogen-bond donors (Lipinski definition) is 1. The Labute approximate surface area is 189 Å². The summed E-state index contributed by atoms with van der Waals surface area (Å²) in [6.45, 7) is 6.59. The number of benzene rings is 2. The van der Waals surface area contributed by atoms with E-state index < -0.39 is 6.04 Å². The van der Waals surface area contributed by atoms with Crippen LogP contribution in [0.4, 0.5) is 0 Å². The number of amides is 2. The van der Waals surface area contributed by atoms with Gasteiger partial charge in [0.2, 0.25) is 12.7 Å². The molecule has 2 aliphatic rings. The van der Waals surface area contributed by atoms with Crippen LogP contribution in [0.5, 0.6) is 11.5 Å². The average Bonchev–Trinajstić information content (AvgIpc) is 3.47. The smallest absolute Gasteiger partial charge is 0.252 e. The van der Waals surface area contributed by atoms with E-state index in [0.717, 1.165) is 48.3 Å². The molecule has 1 aliphatic heterocycles. The topological polar surface area (TPSA) is 67.9 Å². The lowest BCUT2D eigenvalue weighted by atomic mass is 9.99. The molecule has 6 heteroatoms. The Balaban J connectivity index is 1.56. The molecule has 32 heavy (non-hydrogen) atoms. The Hall–Kier alpha value is -3.02. The van der Waals surface area contributed by atoms with Gasteiger partial charge in [0.15, 0.2) is 11.5 Å². The molecule has 1 N–H and O–H groups in total. The van der Waals surface area contributed by atoms with E-state index >= 15 is 0 Å². The monoisotopic (exact) mass is 436 g/mol. The van der Waals surface area contributed by atoms with Crippen LogP contribution in [-0.2, 0) is 11.3 Å². The van der Waals surface area contributed by atoms with Crippen molar-refractivity contribution < 1.29 is 19.1 Å². The molecule has 1 saturated carbocycles. The second kappa shape index (κ2) is 9.63. The predicted octanol–water partition coefficient (Wildman–Crippen LogP) is 4.45. The van der Waals surface area contributed by atoms with E-state index in [1.54, 1.807) is 6.07 Å². The molecule has 4 rings (SSSR count). The molecule has 0 saturated heterocycles. The van der Waals surface area contributed by atoms with Crippen LogP contribution in [0, 0.1) is 12.8 Å². The maximum atomic E-state index is 13.8. The van der Waals surface area contributed by atoms with Crippen LogP contribution in [-0.4, -0.2) is 35.6 Å². The summed E-state index contributed by atoms with van der Waals surface area (Å²) in [5.41, 5.74) is 2.50. The summed E-state index contributed by atoms with van der Waals surface area (Å²) in [5.74, 6) is 1.19. The van der Waals surface area contributed by atoms with Crippen LogP contribution in [0.3, 0.4) is 0 Å². The highest BCUT2D eigenvalue weighted by Gasteiger charge is 2.34. The molecule has 1 unspecified atom stereocenters. The molecule has 2 aromatic rings. The molecular formula is C26H32N2O4. The zero-order chi connectivity index (χ0) is 22.7. The summed E-state index contributed by atoms with van der Waals surface area (Å²) in [7, 11) is 0. The predicted molar refractivity (Wildman–Crippen MR) is 123 cm³/mol. The van der Waals surface area contributed by atoms with Crippen molar-refractivity contribution in [2.24, 2.45) is 5.92 Å². The summed E-state index contributed by atoms with van der Waals surface area (Å²) < 4.78 is 10.9. The van der Waals surface area contributed by atoms with Crippen LogP contribution >= 0.6 is 0 Å². The molecule has 0 spiro atoms. The van der Waals surface area contributed by atoms with Crippen molar-refractivity contribution in [3.63, 3.8) is 0 Å². The highest BCUT2D eigenvalue weighted by molar-refractivity contribution is 5.98. The summed E-state index contributed by atoms with van der Waals surface area (Å²) in [5, 5.41) is 3.03. The molecule has 1 fully saturated rings. The number of nitrogens with one attached hydrogen (secondary N) is 1. The van der Waals surface area contributed by atoms with Crippen molar-refractivity contribution in [3.8, 4) is 11.5 Å². The van der Waals surface area contributed by atoms with Gasteiger partial charge in [-0.15, -0.1) is 0 Å². The van der Waals surface area contributed by atoms with Crippen LogP contribution in [0.1, 0.15) is 61.0 Å². The third-order valence-electron chi connectivity index (χ3n) is 6.45. The van der Waals surface area contributed by atoms with Crippen molar-refractivity contribution in [2.45, 2.75) is 65.1 Å². The second-order valence-corrected chi connectivity index (χ2v) is 9.10. The van der Waals surface area contributed by atoms with Gasteiger partial charge in [-0.1, -0.05) is 51.0 Å². The molecule has 170 valence electrons. The molecule has 2 amide bonds. The van der Waals surface area contributed by atoms with E-state index in [-0.39, 0.29) is 30.6 Å². The lowest BCUT2D eigenvalue weighted by Crippen LogP contribution is -2.53. The first-order valence-corrected chi connectivity index (χ1v) is 11.5. The third-order valence-corrected chi connectivity index (χ3v) is 6.45. The SMILES string of the molecule is Cc1ccccc1C(=O)NC(C(=O)N(Cc1ccc2c(c1)OCO2)C1CCCC1)C(C)C. The van der Waals surface area contributed by atoms with E-state index in [1.807, 2.05) is 62.1 Å². The van der Waals surface area contributed by atoms with Gasteiger partial charge in [-0.05, 0) is 55.0 Å². The highest BCUT2D eigenvalue weighted by atomic mass is 16.7. The molecule has 1 atom stereocenters. The van der Waals surface area contributed by atoms with Crippen LogP contribution in [0.25, 0.3) is 0 Å². The summed E-state index contributed by atoms with van der Waals surface area (Å²) >= 11 is 0. The Morgan fingerprint density at radius 2 is 1.78 bits per heavy atom. The van der Waals surface area contributed by atoms with Gasteiger partial charge in [0.1, 0.15) is 6.04 Å². The first kappa shape index (κ1) is 22.2. The van der Waals surface area contributed by atoms with Crippen molar-refractivity contribution in [1.29, 1.82) is 0 Å². The van der Waals surface area contributed by atoms with Crippen molar-refractivity contribution in [3.05, 3.63) is 59.2 Å². The van der Waals surface area contributed by atoms with Crippen molar-refractivity contribution >= 4 is 11.8 Å². The number of aryl methyl sites for hydroxylation is 1. The molecule has 0 bridgehead atoms. The minimum atomic E-state index is -0.586. The minimum Gasteiger partial charge on any atom is -0.454 e. The van der Waals surface area contributed by atoms with Gasteiger partial charge in [-0.2, -0.15) is 0 Å². The Bertz CT molecular complexity index is 982. The Morgan fingerprint density at radius 1 is 1.06 bits per heavy atom.